The van der Waals surface area contributed by atoms with Gasteiger partial charge in [-0.15, -0.1) is 0 Å². The summed E-state index contributed by atoms with van der Waals surface area (Å²) in [5.74, 6) is -6.77. The number of ether oxygens (including phenoxy) is 3. The van der Waals surface area contributed by atoms with E-state index in [1.54, 1.807) is 65.0 Å². The second-order valence-corrected chi connectivity index (χ2v) is 17.1. The molecule has 1 aliphatic carbocycles. The van der Waals surface area contributed by atoms with Crippen LogP contribution in [0.5, 0.6) is 5.75 Å². The third-order valence-corrected chi connectivity index (χ3v) is 12.7. The van der Waals surface area contributed by atoms with Crippen molar-refractivity contribution in [3.8, 4) is 5.75 Å². The summed E-state index contributed by atoms with van der Waals surface area (Å²) in [6.07, 6.45) is 1.95. The van der Waals surface area contributed by atoms with E-state index < -0.39 is 95.1 Å². The highest BCUT2D eigenvalue weighted by Crippen LogP contribution is 2.49. The van der Waals surface area contributed by atoms with Gasteiger partial charge in [0.2, 0.25) is 6.29 Å². The number of Topliss-reactive ketones (excluding diaryl/α,β-unsaturated/α-hetero) is 1. The Bertz CT molecular complexity index is 2530. The van der Waals surface area contributed by atoms with Crippen molar-refractivity contribution in [3.63, 3.8) is 0 Å². The summed E-state index contributed by atoms with van der Waals surface area (Å²) in [5.41, 5.74) is 0.184. The minimum Gasteiger partial charge on any atom is -0.505 e. The highest BCUT2D eigenvalue weighted by atomic mass is 79.9. The number of halogens is 1. The van der Waals surface area contributed by atoms with Gasteiger partial charge in [0.15, 0.2) is 28.1 Å². The fourth-order valence-electron chi connectivity index (χ4n) is 8.68. The van der Waals surface area contributed by atoms with E-state index in [9.17, 15) is 39.6 Å². The van der Waals surface area contributed by atoms with Crippen LogP contribution >= 0.6 is 15.9 Å². The molecule has 4 aromatic rings. The number of nitrogens with one attached hydrogen (secondary N) is 1. The smallest absolute Gasteiger partial charge is 0.302 e. The van der Waals surface area contributed by atoms with Crippen LogP contribution in [0.25, 0.3) is 33.0 Å². The first-order valence-corrected chi connectivity index (χ1v) is 20.6. The molecule has 14 nitrogen and oxygen atoms in total. The molecule has 60 heavy (non-hydrogen) atoms. The number of esters is 1. The quantitative estimate of drug-likeness (QED) is 0.0614. The van der Waals surface area contributed by atoms with Gasteiger partial charge >= 0.3 is 5.97 Å². The molecule has 6 rings (SSSR count). The van der Waals surface area contributed by atoms with Crippen molar-refractivity contribution in [2.75, 3.05) is 12.4 Å². The fraction of sp³-hybridized carbons (Fsp3) is 0.444. The molecule has 1 aromatic heterocycles. The monoisotopic (exact) mass is 890 g/mol. The highest BCUT2D eigenvalue weighted by molar-refractivity contribution is 9.10. The normalized spacial score (nSPS) is 31.4. The largest absolute Gasteiger partial charge is 0.505 e. The zero-order valence-electron chi connectivity index (χ0n) is 34.8. The minimum absolute atomic E-state index is 0.00222. The number of amides is 1. The van der Waals surface area contributed by atoms with Crippen LogP contribution in [0, 0.1) is 36.5 Å². The molecule has 320 valence electrons. The molecule has 0 saturated heterocycles. The number of ketones is 1. The zero-order chi connectivity index (χ0) is 44.1. The fourth-order valence-corrected chi connectivity index (χ4v) is 9.03. The van der Waals surface area contributed by atoms with Gasteiger partial charge in [0, 0.05) is 70.2 Å². The number of allylic oxidation sites excluding steroid dienone is 2. The lowest BCUT2D eigenvalue weighted by Gasteiger charge is -2.38. The second-order valence-electron chi connectivity index (χ2n) is 16.1. The maximum absolute atomic E-state index is 14.4. The molecule has 0 spiro atoms. The number of phenols is 1. The second kappa shape index (κ2) is 17.6. The van der Waals surface area contributed by atoms with Crippen molar-refractivity contribution in [1.29, 1.82) is 0 Å². The first-order valence-electron chi connectivity index (χ1n) is 19.8. The molecule has 3 aromatic carbocycles. The average Bonchev–Trinajstić information content (AvgIpc) is 3.48. The Kier molecular flexibility index (Phi) is 13.1. The van der Waals surface area contributed by atoms with Crippen LogP contribution in [0.4, 0.5) is 5.69 Å². The van der Waals surface area contributed by atoms with Gasteiger partial charge < -0.3 is 44.4 Å². The van der Waals surface area contributed by atoms with Crippen LogP contribution in [0.1, 0.15) is 75.9 Å². The van der Waals surface area contributed by atoms with Crippen molar-refractivity contribution >= 4 is 72.2 Å². The van der Waals surface area contributed by atoms with Crippen LogP contribution in [0.15, 0.2) is 68.0 Å². The number of hydrogen-bond donors (Lipinski definition) is 5. The van der Waals surface area contributed by atoms with E-state index in [1.165, 1.54) is 46.3 Å². The Morgan fingerprint density at radius 1 is 0.950 bits per heavy atom. The summed E-state index contributed by atoms with van der Waals surface area (Å²) in [6.45, 7) is 12.8. The number of aliphatic hydroxyl groups is 3. The molecule has 1 amide bonds. The summed E-state index contributed by atoms with van der Waals surface area (Å²) >= 11 is 3.45. The lowest BCUT2D eigenvalue weighted by Crippen LogP contribution is -2.46. The molecule has 11 atom stereocenters. The van der Waals surface area contributed by atoms with Gasteiger partial charge in [-0.2, -0.15) is 0 Å². The molecule has 2 aliphatic rings. The number of anilines is 1. The summed E-state index contributed by atoms with van der Waals surface area (Å²) in [4.78, 5) is 59.8. The number of carbonyl (C=O) groups excluding carboxylic acids is 3. The Labute approximate surface area is 355 Å². The molecular weight excluding hydrogens is 840 g/mol. The van der Waals surface area contributed by atoms with Gasteiger partial charge in [0.25, 0.3) is 5.91 Å². The first-order chi connectivity index (χ1) is 28.3. The number of fused-ring (bicyclic) bond motifs is 7. The van der Waals surface area contributed by atoms with E-state index >= 15 is 0 Å². The lowest BCUT2D eigenvalue weighted by molar-refractivity contribution is -0.160. The van der Waals surface area contributed by atoms with Gasteiger partial charge in [-0.05, 0) is 43.7 Å². The van der Waals surface area contributed by atoms with E-state index in [-0.39, 0.29) is 55.4 Å². The molecule has 0 radical (unpaired) electrons. The van der Waals surface area contributed by atoms with Crippen molar-refractivity contribution in [2.45, 2.75) is 92.0 Å². The number of phenolic OH excluding ortho intramolecular Hbond substituents is 1. The number of carbonyl (C=O) groups is 3. The Morgan fingerprint density at radius 3 is 2.32 bits per heavy atom. The van der Waals surface area contributed by atoms with Gasteiger partial charge in [-0.1, -0.05) is 68.8 Å². The number of aliphatic hydroxyl groups excluding tert-OH is 3. The Balaban J connectivity index is 1.59. The van der Waals surface area contributed by atoms with Crippen LogP contribution in [0.2, 0.25) is 0 Å². The molecule has 0 fully saturated rings. The molecule has 3 bridgehead atoms. The van der Waals surface area contributed by atoms with Crippen LogP contribution in [-0.4, -0.2) is 80.9 Å². The third kappa shape index (κ3) is 8.00. The standard InChI is InChI=1S/C45H51BrN2O12/c1-18-11-10-12-19(2)44(55)48-36-41(54)34-32(35-43(36)60-29-14-13-26(46)17-27(29)47-35)33-30(21(4)40(34)53)31(22(5)39(33)52)45(56)58-16-15-28(57-9)20(3)42(59-25(8)49)24(7)38(51)23(6)37(18)50/h10-18,20,22-24,28,31,37-38,42,45,50-51,54,56H,1-9H3,(H,48,55)/b11-10+,16-15+,19-12-/t18-,20+,22+,23+,24+,28-,31?,37-,38+,42+,45+/m0/s1. The number of hydrogen-bond acceptors (Lipinski definition) is 13. The van der Waals surface area contributed by atoms with Gasteiger partial charge in [0.05, 0.1) is 35.9 Å². The maximum atomic E-state index is 14.4. The van der Waals surface area contributed by atoms with E-state index in [0.717, 1.165) is 0 Å². The van der Waals surface area contributed by atoms with Gasteiger partial charge in [0.1, 0.15) is 22.8 Å². The summed E-state index contributed by atoms with van der Waals surface area (Å²) in [5, 5.41) is 49.0. The van der Waals surface area contributed by atoms with Crippen LogP contribution < -0.4 is 10.7 Å². The van der Waals surface area contributed by atoms with Crippen molar-refractivity contribution in [1.82, 2.24) is 4.98 Å². The van der Waals surface area contributed by atoms with Crippen molar-refractivity contribution in [2.24, 2.45) is 29.6 Å². The number of rotatable bonds is 2. The number of aromatic nitrogens is 1. The van der Waals surface area contributed by atoms with E-state index in [1.807, 2.05) is 0 Å². The maximum Gasteiger partial charge on any atom is 0.302 e. The molecule has 1 unspecified atom stereocenters. The molecule has 0 saturated carbocycles. The van der Waals surface area contributed by atoms with E-state index in [0.29, 0.717) is 9.99 Å². The third-order valence-electron chi connectivity index (χ3n) is 12.2. The number of aromatic hydroxyl groups is 1. The van der Waals surface area contributed by atoms with E-state index in [4.69, 9.17) is 23.6 Å². The van der Waals surface area contributed by atoms with Gasteiger partial charge in [-0.25, -0.2) is 4.98 Å². The molecule has 15 heteroatoms. The van der Waals surface area contributed by atoms with E-state index in [2.05, 4.69) is 21.2 Å². The topological polar surface area (TPSA) is 215 Å². The molecule has 1 aliphatic heterocycles. The summed E-state index contributed by atoms with van der Waals surface area (Å²) in [6, 6.07) is 5.04. The Morgan fingerprint density at radius 2 is 1.65 bits per heavy atom. The highest BCUT2D eigenvalue weighted by Gasteiger charge is 2.46. The van der Waals surface area contributed by atoms with Crippen molar-refractivity contribution < 1.29 is 53.4 Å². The number of benzene rings is 3. The lowest BCUT2D eigenvalue weighted by atomic mass is 9.78. The SMILES string of the molecule is CO[C@H]1/C=C/O[C@@H](O)C2c3c(C)c(=O)c4c(O)c(c5oc6ccc(Br)cc6nc5c4c3C(=O)[C@@H]2C)NC(=O)/C(C)=C\C=C\[C@H](C)[C@H](O)[C@@H](C)[C@@H](O)[C@@H](C)[C@H](OC(C)=O)[C@@H]1C. The predicted octanol–water partition coefficient (Wildman–Crippen LogP) is 6.70. The summed E-state index contributed by atoms with van der Waals surface area (Å²) < 4.78 is 24.3. The average molecular weight is 892 g/mol. The predicted molar refractivity (Wildman–Crippen MR) is 228 cm³/mol. The molecular formula is C45H51BrN2O12. The first kappa shape index (κ1) is 44.6. The van der Waals surface area contributed by atoms with Crippen LogP contribution in [0.3, 0.4) is 0 Å². The molecule has 5 N–H and O–H groups in total. The zero-order valence-corrected chi connectivity index (χ0v) is 36.4. The van der Waals surface area contributed by atoms with Gasteiger partial charge in [-0.3, -0.25) is 19.2 Å². The van der Waals surface area contributed by atoms with Crippen LogP contribution in [-0.2, 0) is 23.8 Å². The minimum atomic E-state index is -1.66. The number of methoxy groups -OCH3 is 1. The molecule has 2 heterocycles. The summed E-state index contributed by atoms with van der Waals surface area (Å²) in [7, 11) is 1.44. The Hall–Kier alpha value is -4.93. The number of nitrogens with zero attached hydrogens (tertiary/aromatic N) is 1. The van der Waals surface area contributed by atoms with Crippen molar-refractivity contribution in [3.05, 3.63) is 85.7 Å².